The quantitative estimate of drug-likeness (QED) is 0.345. The van der Waals surface area contributed by atoms with Gasteiger partial charge in [0.25, 0.3) is 0 Å². The Morgan fingerprint density at radius 2 is 2.03 bits per heavy atom. The Bertz CT molecular complexity index is 1240. The van der Waals surface area contributed by atoms with Gasteiger partial charge in [0.15, 0.2) is 0 Å². The highest BCUT2D eigenvalue weighted by atomic mass is 79.9. The van der Waals surface area contributed by atoms with E-state index in [2.05, 4.69) is 32.7 Å². The lowest BCUT2D eigenvalue weighted by molar-refractivity contribution is 0.00515. The average molecular weight is 510 g/mol. The van der Waals surface area contributed by atoms with Crippen molar-refractivity contribution in [3.63, 3.8) is 0 Å². The van der Waals surface area contributed by atoms with Crippen LogP contribution >= 0.6 is 15.9 Å². The second-order valence-corrected chi connectivity index (χ2v) is 9.26. The first-order valence-corrected chi connectivity index (χ1v) is 11.7. The van der Waals surface area contributed by atoms with Gasteiger partial charge >= 0.3 is 0 Å². The molecule has 2 atom stereocenters. The van der Waals surface area contributed by atoms with E-state index < -0.39 is 0 Å². The Kier molecular flexibility index (Phi) is 6.05. The molecule has 33 heavy (non-hydrogen) atoms. The van der Waals surface area contributed by atoms with E-state index in [1.807, 2.05) is 53.6 Å². The normalized spacial score (nSPS) is 18.8. The summed E-state index contributed by atoms with van der Waals surface area (Å²) in [6, 6.07) is 14.9. The maximum atomic E-state index is 14.3. The number of aromatic amines is 1. The van der Waals surface area contributed by atoms with Crippen molar-refractivity contribution < 1.29 is 9.13 Å². The molecule has 4 aromatic rings. The third-order valence-corrected chi connectivity index (χ3v) is 6.43. The van der Waals surface area contributed by atoms with Crippen LogP contribution in [0.1, 0.15) is 24.3 Å². The van der Waals surface area contributed by atoms with Crippen LogP contribution in [0, 0.1) is 5.82 Å². The van der Waals surface area contributed by atoms with Crippen molar-refractivity contribution in [2.24, 2.45) is 0 Å². The molecular weight excluding hydrogens is 485 g/mol. The summed E-state index contributed by atoms with van der Waals surface area (Å²) >= 11 is 3.49. The van der Waals surface area contributed by atoms with Crippen LogP contribution in [-0.2, 0) is 11.2 Å². The molecule has 3 heterocycles. The average Bonchev–Trinajstić information content (AvgIpc) is 3.53. The number of rotatable bonds is 6. The molecule has 1 fully saturated rings. The lowest BCUT2D eigenvalue weighted by atomic mass is 10.1. The van der Waals surface area contributed by atoms with E-state index in [1.54, 1.807) is 12.1 Å². The van der Waals surface area contributed by atoms with Gasteiger partial charge in [-0.15, -0.1) is 0 Å². The number of halogens is 2. The van der Waals surface area contributed by atoms with Gasteiger partial charge in [0, 0.05) is 53.0 Å². The lowest BCUT2D eigenvalue weighted by Gasteiger charge is -2.23. The third-order valence-electron chi connectivity index (χ3n) is 5.90. The van der Waals surface area contributed by atoms with Crippen molar-refractivity contribution in [2.75, 3.05) is 18.8 Å². The summed E-state index contributed by atoms with van der Waals surface area (Å²) in [4.78, 5) is 5.37. The molecule has 6 nitrogen and oxygen atoms in total. The molecule has 0 saturated carbocycles. The molecule has 1 aliphatic rings. The van der Waals surface area contributed by atoms with Gasteiger partial charge < -0.3 is 15.5 Å². The third kappa shape index (κ3) is 4.59. The van der Waals surface area contributed by atoms with Gasteiger partial charge in [-0.25, -0.2) is 9.07 Å². The topological polar surface area (TPSA) is 72.1 Å². The molecule has 0 amide bonds. The maximum absolute atomic E-state index is 14.3. The Morgan fingerprint density at radius 1 is 1.21 bits per heavy atom. The fraction of sp³-hybridized carbons (Fsp3) is 0.240. The zero-order chi connectivity index (χ0) is 22.9. The van der Waals surface area contributed by atoms with E-state index in [0.29, 0.717) is 24.2 Å². The number of aromatic nitrogens is 3. The van der Waals surface area contributed by atoms with Gasteiger partial charge in [-0.3, -0.25) is 4.90 Å². The largest absolute Gasteiger partial charge is 0.399 e. The molecule has 170 valence electrons. The second-order valence-electron chi connectivity index (χ2n) is 8.35. The predicted octanol–water partition coefficient (Wildman–Crippen LogP) is 5.31. The number of benzene rings is 2. The molecule has 2 aromatic carbocycles. The van der Waals surface area contributed by atoms with Crippen LogP contribution in [0.4, 0.5) is 10.1 Å². The second kappa shape index (κ2) is 9.13. The Labute approximate surface area is 200 Å². The minimum absolute atomic E-state index is 0.0568. The van der Waals surface area contributed by atoms with Crippen LogP contribution in [-0.4, -0.2) is 38.9 Å². The minimum atomic E-state index is -0.272. The van der Waals surface area contributed by atoms with Crippen molar-refractivity contribution in [1.29, 1.82) is 0 Å². The molecule has 1 saturated heterocycles. The van der Waals surface area contributed by atoms with Gasteiger partial charge in [-0.1, -0.05) is 22.0 Å². The summed E-state index contributed by atoms with van der Waals surface area (Å²) in [5.74, 6) is -0.268. The van der Waals surface area contributed by atoms with Crippen LogP contribution in [0.25, 0.3) is 16.9 Å². The van der Waals surface area contributed by atoms with Gasteiger partial charge in [-0.2, -0.15) is 5.10 Å². The Morgan fingerprint density at radius 3 is 2.76 bits per heavy atom. The summed E-state index contributed by atoms with van der Waals surface area (Å²) in [5, 5.41) is 4.90. The molecule has 0 aliphatic carbocycles. The van der Waals surface area contributed by atoms with Crippen LogP contribution in [0.3, 0.4) is 0 Å². The van der Waals surface area contributed by atoms with Crippen molar-refractivity contribution in [3.8, 4) is 16.9 Å². The van der Waals surface area contributed by atoms with E-state index in [0.717, 1.165) is 33.5 Å². The fourth-order valence-corrected chi connectivity index (χ4v) is 4.54. The number of H-pyrrole nitrogens is 1. The molecule has 1 aliphatic heterocycles. The number of ether oxygens (including phenoxy) is 1. The smallest absolute Gasteiger partial charge is 0.140 e. The molecule has 3 N–H and O–H groups in total. The summed E-state index contributed by atoms with van der Waals surface area (Å²) < 4.78 is 23.6. The highest BCUT2D eigenvalue weighted by Crippen LogP contribution is 2.36. The Hall–Kier alpha value is -2.94. The number of nitrogens with two attached hydrogens (primary N) is 1. The number of hydrogen-bond acceptors (Lipinski definition) is 4. The van der Waals surface area contributed by atoms with Gasteiger partial charge in [-0.05, 0) is 61.4 Å². The number of hydrogen-bond donors (Lipinski definition) is 2. The number of nitrogen functional groups attached to an aromatic ring is 1. The Balaban J connectivity index is 1.47. The summed E-state index contributed by atoms with van der Waals surface area (Å²) in [7, 11) is 0. The first-order valence-electron chi connectivity index (χ1n) is 10.9. The molecule has 2 aromatic heterocycles. The van der Waals surface area contributed by atoms with Crippen molar-refractivity contribution in [2.45, 2.75) is 25.7 Å². The SMILES string of the molecule is C[C@@H]1CN(CCc2ccc(N)cc2F)[C@@H](c2cn(-c3ccc(Br)cc3)nc2-c2cc[nH]c2)O1. The summed E-state index contributed by atoms with van der Waals surface area (Å²) in [5.41, 5.74) is 10.6. The molecule has 0 radical (unpaired) electrons. The zero-order valence-corrected chi connectivity index (χ0v) is 19.8. The van der Waals surface area contributed by atoms with Crippen LogP contribution in [0.2, 0.25) is 0 Å². The zero-order valence-electron chi connectivity index (χ0n) is 18.2. The number of nitrogens with zero attached hydrogens (tertiary/aromatic N) is 3. The highest BCUT2D eigenvalue weighted by Gasteiger charge is 2.35. The van der Waals surface area contributed by atoms with Crippen LogP contribution < -0.4 is 5.73 Å². The first kappa shape index (κ1) is 21.9. The standard InChI is InChI=1S/C25H25BrFN5O/c1-16-14-31(11-9-17-2-5-20(28)12-23(17)27)25(33-16)22-15-32(21-6-3-19(26)4-7-21)30-24(22)18-8-10-29-13-18/h2-8,10,12-13,15-16,25,29H,9,11,14,28H2,1H3/t16-,25-/m1/s1. The number of nitrogens with one attached hydrogen (secondary N) is 1. The number of anilines is 1. The van der Waals surface area contributed by atoms with Gasteiger partial charge in [0.05, 0.1) is 11.8 Å². The summed E-state index contributed by atoms with van der Waals surface area (Å²) in [6.07, 6.45) is 6.21. The van der Waals surface area contributed by atoms with E-state index >= 15 is 0 Å². The van der Waals surface area contributed by atoms with Crippen molar-refractivity contribution in [1.82, 2.24) is 19.7 Å². The maximum Gasteiger partial charge on any atom is 0.140 e. The van der Waals surface area contributed by atoms with Crippen molar-refractivity contribution in [3.05, 3.63) is 88.5 Å². The van der Waals surface area contributed by atoms with Crippen LogP contribution in [0.15, 0.2) is 71.6 Å². The van der Waals surface area contributed by atoms with E-state index in [9.17, 15) is 4.39 Å². The first-order chi connectivity index (χ1) is 16.0. The van der Waals surface area contributed by atoms with Crippen molar-refractivity contribution >= 4 is 21.6 Å². The molecule has 0 bridgehead atoms. The van der Waals surface area contributed by atoms with Gasteiger partial charge in [0.2, 0.25) is 0 Å². The fourth-order valence-electron chi connectivity index (χ4n) is 4.27. The predicted molar refractivity (Wildman–Crippen MR) is 130 cm³/mol. The summed E-state index contributed by atoms with van der Waals surface area (Å²) in [6.45, 7) is 3.48. The van der Waals surface area contributed by atoms with E-state index in [4.69, 9.17) is 15.6 Å². The van der Waals surface area contributed by atoms with Crippen LogP contribution in [0.5, 0.6) is 0 Å². The highest BCUT2D eigenvalue weighted by molar-refractivity contribution is 9.10. The van der Waals surface area contributed by atoms with E-state index in [1.165, 1.54) is 6.07 Å². The molecule has 0 unspecified atom stereocenters. The molecule has 5 rings (SSSR count). The molecular formula is C25H25BrFN5O. The lowest BCUT2D eigenvalue weighted by Crippen LogP contribution is -2.27. The monoisotopic (exact) mass is 509 g/mol. The molecule has 0 spiro atoms. The molecule has 8 heteroatoms. The minimum Gasteiger partial charge on any atom is -0.399 e. The van der Waals surface area contributed by atoms with Gasteiger partial charge in [0.1, 0.15) is 17.7 Å². The van der Waals surface area contributed by atoms with E-state index in [-0.39, 0.29) is 18.1 Å².